The molecule has 0 spiro atoms. The van der Waals surface area contributed by atoms with Gasteiger partial charge in [0.1, 0.15) is 0 Å². The lowest BCUT2D eigenvalue weighted by molar-refractivity contribution is 0.402. The minimum Gasteiger partial charge on any atom is -0.347 e. The molecule has 5 heteroatoms. The van der Waals surface area contributed by atoms with Crippen molar-refractivity contribution in [1.29, 1.82) is 0 Å². The second kappa shape index (κ2) is 6.85. The van der Waals surface area contributed by atoms with Gasteiger partial charge < -0.3 is 9.80 Å². The highest BCUT2D eigenvalue weighted by atomic mass is 35.5. The van der Waals surface area contributed by atoms with Crippen molar-refractivity contribution in [3.8, 4) is 0 Å². The van der Waals surface area contributed by atoms with Gasteiger partial charge in [0.15, 0.2) is 11.6 Å². The molecule has 1 atom stereocenters. The van der Waals surface area contributed by atoms with E-state index in [1.165, 1.54) is 23.4 Å². The molecule has 1 aliphatic heterocycles. The summed E-state index contributed by atoms with van der Waals surface area (Å²) in [6, 6.07) is 10.1. The first-order valence-corrected chi connectivity index (χ1v) is 8.23. The summed E-state index contributed by atoms with van der Waals surface area (Å²) in [4.78, 5) is 8.40. The van der Waals surface area contributed by atoms with E-state index in [2.05, 4.69) is 48.2 Å². The van der Waals surface area contributed by atoms with E-state index in [0.717, 1.165) is 25.9 Å². The van der Waals surface area contributed by atoms with E-state index in [1.807, 2.05) is 4.90 Å². The van der Waals surface area contributed by atoms with Gasteiger partial charge in [-0.25, -0.2) is 9.37 Å². The van der Waals surface area contributed by atoms with Gasteiger partial charge in [0, 0.05) is 19.3 Å². The molecule has 0 bridgehead atoms. The van der Waals surface area contributed by atoms with Crippen LogP contribution in [0.3, 0.4) is 0 Å². The molecular weight excluding hydrogens is 313 g/mol. The molecule has 0 N–H and O–H groups in total. The molecule has 1 aromatic heterocycles. The van der Waals surface area contributed by atoms with E-state index in [-0.39, 0.29) is 11.9 Å². The molecule has 1 unspecified atom stereocenters. The lowest BCUT2D eigenvalue weighted by Crippen LogP contribution is -2.24. The first kappa shape index (κ1) is 16.2. The van der Waals surface area contributed by atoms with E-state index in [0.29, 0.717) is 10.8 Å². The number of halogens is 2. The Labute approximate surface area is 141 Å². The average Bonchev–Trinajstić information content (AvgIpc) is 2.96. The monoisotopic (exact) mass is 333 g/mol. The summed E-state index contributed by atoms with van der Waals surface area (Å²) in [5.41, 5.74) is 2.49. The normalized spacial score (nSPS) is 18.0. The molecule has 0 saturated carbocycles. The lowest BCUT2D eigenvalue weighted by Gasteiger charge is -2.26. The third kappa shape index (κ3) is 3.65. The summed E-state index contributed by atoms with van der Waals surface area (Å²) in [6.07, 6.45) is 3.56. The Balaban J connectivity index is 1.83. The number of hydrogen-bond acceptors (Lipinski definition) is 3. The predicted octanol–water partition coefficient (Wildman–Crippen LogP) is 4.28. The van der Waals surface area contributed by atoms with Crippen molar-refractivity contribution in [2.75, 3.05) is 25.5 Å². The summed E-state index contributed by atoms with van der Waals surface area (Å²) in [6.45, 7) is 1.73. The van der Waals surface area contributed by atoms with Crippen molar-refractivity contribution in [3.05, 3.63) is 58.5 Å². The third-order valence-electron chi connectivity index (χ3n) is 4.18. The van der Waals surface area contributed by atoms with E-state index in [9.17, 15) is 4.39 Å². The SMILES string of the molecule is CN(C)Cc1ccc(C2CCCN2c2ncc(Cl)cc2F)cc1. The zero-order valence-corrected chi connectivity index (χ0v) is 14.2. The summed E-state index contributed by atoms with van der Waals surface area (Å²) in [5.74, 6) is 0.0443. The molecule has 23 heavy (non-hydrogen) atoms. The molecule has 2 heterocycles. The number of rotatable bonds is 4. The fourth-order valence-electron chi connectivity index (χ4n) is 3.20. The summed E-state index contributed by atoms with van der Waals surface area (Å²) in [7, 11) is 4.11. The Bertz CT molecular complexity index is 672. The van der Waals surface area contributed by atoms with Crippen molar-refractivity contribution in [3.63, 3.8) is 0 Å². The average molecular weight is 334 g/mol. The van der Waals surface area contributed by atoms with Crippen LogP contribution in [0.5, 0.6) is 0 Å². The van der Waals surface area contributed by atoms with Gasteiger partial charge in [-0.2, -0.15) is 0 Å². The summed E-state index contributed by atoms with van der Waals surface area (Å²) >= 11 is 5.81. The first-order valence-electron chi connectivity index (χ1n) is 7.86. The maximum Gasteiger partial charge on any atom is 0.167 e. The Morgan fingerprint density at radius 3 is 2.70 bits per heavy atom. The lowest BCUT2D eigenvalue weighted by atomic mass is 10.0. The molecule has 1 aliphatic rings. The van der Waals surface area contributed by atoms with Gasteiger partial charge in [-0.15, -0.1) is 0 Å². The highest BCUT2D eigenvalue weighted by Crippen LogP contribution is 2.36. The topological polar surface area (TPSA) is 19.4 Å². The van der Waals surface area contributed by atoms with Crippen LogP contribution < -0.4 is 4.90 Å². The number of benzene rings is 1. The van der Waals surface area contributed by atoms with E-state index in [4.69, 9.17) is 11.6 Å². The number of pyridine rings is 1. The minimum atomic E-state index is -0.353. The van der Waals surface area contributed by atoms with Crippen molar-refractivity contribution in [2.24, 2.45) is 0 Å². The van der Waals surface area contributed by atoms with Crippen molar-refractivity contribution in [1.82, 2.24) is 9.88 Å². The van der Waals surface area contributed by atoms with Gasteiger partial charge in [0.25, 0.3) is 0 Å². The van der Waals surface area contributed by atoms with Crippen LogP contribution in [0.2, 0.25) is 5.02 Å². The molecule has 3 nitrogen and oxygen atoms in total. The van der Waals surface area contributed by atoms with Crippen molar-refractivity contribution >= 4 is 17.4 Å². The van der Waals surface area contributed by atoms with Crippen LogP contribution in [-0.4, -0.2) is 30.5 Å². The quantitative estimate of drug-likeness (QED) is 0.832. The third-order valence-corrected chi connectivity index (χ3v) is 4.38. The zero-order valence-electron chi connectivity index (χ0n) is 13.5. The summed E-state index contributed by atoms with van der Waals surface area (Å²) < 4.78 is 14.2. The number of nitrogens with zero attached hydrogens (tertiary/aromatic N) is 3. The van der Waals surface area contributed by atoms with Gasteiger partial charge in [0.2, 0.25) is 0 Å². The molecule has 1 aromatic carbocycles. The number of aromatic nitrogens is 1. The minimum absolute atomic E-state index is 0.173. The van der Waals surface area contributed by atoms with Crippen LogP contribution in [0.25, 0.3) is 0 Å². The molecule has 3 rings (SSSR count). The molecule has 0 radical (unpaired) electrons. The molecule has 0 amide bonds. The van der Waals surface area contributed by atoms with Crippen LogP contribution in [0, 0.1) is 5.82 Å². The number of hydrogen-bond donors (Lipinski definition) is 0. The largest absolute Gasteiger partial charge is 0.347 e. The van der Waals surface area contributed by atoms with Gasteiger partial charge in [-0.3, -0.25) is 0 Å². The molecule has 122 valence electrons. The second-order valence-corrected chi connectivity index (χ2v) is 6.73. The molecule has 0 aliphatic carbocycles. The smallest absolute Gasteiger partial charge is 0.167 e. The second-order valence-electron chi connectivity index (χ2n) is 6.29. The Hall–Kier alpha value is -1.65. The zero-order chi connectivity index (χ0) is 16.4. The molecular formula is C18H21ClFN3. The van der Waals surface area contributed by atoms with Gasteiger partial charge in [0.05, 0.1) is 11.1 Å². The Morgan fingerprint density at radius 2 is 2.04 bits per heavy atom. The van der Waals surface area contributed by atoms with Gasteiger partial charge in [-0.1, -0.05) is 35.9 Å². The highest BCUT2D eigenvalue weighted by molar-refractivity contribution is 6.30. The van der Waals surface area contributed by atoms with Crippen molar-refractivity contribution < 1.29 is 4.39 Å². The fraction of sp³-hybridized carbons (Fsp3) is 0.389. The predicted molar refractivity (Wildman–Crippen MR) is 92.4 cm³/mol. The maximum atomic E-state index is 14.2. The van der Waals surface area contributed by atoms with Crippen LogP contribution in [0.1, 0.15) is 30.0 Å². The van der Waals surface area contributed by atoms with Crippen LogP contribution >= 0.6 is 11.6 Å². The Kier molecular flexibility index (Phi) is 4.83. The van der Waals surface area contributed by atoms with E-state index >= 15 is 0 Å². The van der Waals surface area contributed by atoms with E-state index in [1.54, 1.807) is 0 Å². The molecule has 1 fully saturated rings. The highest BCUT2D eigenvalue weighted by Gasteiger charge is 2.29. The van der Waals surface area contributed by atoms with E-state index < -0.39 is 0 Å². The number of anilines is 1. The van der Waals surface area contributed by atoms with Gasteiger partial charge in [-0.05, 0) is 44.1 Å². The standard InChI is InChI=1S/C18H21ClFN3/c1-22(2)12-13-5-7-14(8-6-13)17-4-3-9-23(17)18-16(20)10-15(19)11-21-18/h5-8,10-11,17H,3-4,9,12H2,1-2H3. The van der Waals surface area contributed by atoms with Crippen molar-refractivity contribution in [2.45, 2.75) is 25.4 Å². The van der Waals surface area contributed by atoms with Gasteiger partial charge >= 0.3 is 0 Å². The van der Waals surface area contributed by atoms with Crippen LogP contribution in [-0.2, 0) is 6.54 Å². The summed E-state index contributed by atoms with van der Waals surface area (Å²) in [5, 5.41) is 0.329. The fourth-order valence-corrected chi connectivity index (χ4v) is 3.34. The van der Waals surface area contributed by atoms with Crippen LogP contribution in [0.15, 0.2) is 36.5 Å². The maximum absolute atomic E-state index is 14.2. The first-order chi connectivity index (χ1) is 11.0. The molecule has 1 saturated heterocycles. The molecule has 2 aromatic rings. The van der Waals surface area contributed by atoms with Crippen LogP contribution in [0.4, 0.5) is 10.2 Å². The Morgan fingerprint density at radius 1 is 1.30 bits per heavy atom.